The molecule has 1 amide bonds. The van der Waals surface area contributed by atoms with Crippen molar-refractivity contribution in [2.45, 2.75) is 31.2 Å². The van der Waals surface area contributed by atoms with Crippen LogP contribution >= 0.6 is 0 Å². The van der Waals surface area contributed by atoms with Gasteiger partial charge in [0, 0.05) is 13.6 Å². The molecule has 0 spiro atoms. The first kappa shape index (κ1) is 27.7. The van der Waals surface area contributed by atoms with Gasteiger partial charge in [-0.1, -0.05) is 84.5 Å². The Kier molecular flexibility index (Phi) is 11.1. The minimum Gasteiger partial charge on any atom is -0.390 e. The summed E-state index contributed by atoms with van der Waals surface area (Å²) in [7, 11) is 3.38. The van der Waals surface area contributed by atoms with Crippen molar-refractivity contribution in [3.05, 3.63) is 95.6 Å². The summed E-state index contributed by atoms with van der Waals surface area (Å²) < 4.78 is 0. The van der Waals surface area contributed by atoms with Crippen LogP contribution in [0.3, 0.4) is 0 Å². The molecule has 1 fully saturated rings. The van der Waals surface area contributed by atoms with Gasteiger partial charge in [-0.2, -0.15) is 0 Å². The number of likely N-dealkylation sites (N-methyl/N-ethyl adjacent to an activating group) is 1. The maximum atomic E-state index is 14.0. The number of nitrogens with two attached hydrogens (primary N) is 2. The number of amides is 1. The van der Waals surface area contributed by atoms with Gasteiger partial charge in [-0.15, -0.1) is 0 Å². The highest BCUT2D eigenvalue weighted by atomic mass is 16.2. The predicted octanol–water partition coefficient (Wildman–Crippen LogP) is 4.07. The van der Waals surface area contributed by atoms with Crippen molar-refractivity contribution in [1.82, 2.24) is 4.90 Å². The Balaban J connectivity index is 0.00000103. The van der Waals surface area contributed by atoms with E-state index in [4.69, 9.17) is 10.5 Å². The monoisotopic (exact) mass is 474 g/mol. The molecule has 1 saturated carbocycles. The smallest absolute Gasteiger partial charge is 0.259 e. The van der Waals surface area contributed by atoms with Crippen molar-refractivity contribution in [2.24, 2.45) is 28.3 Å². The van der Waals surface area contributed by atoms with E-state index >= 15 is 0 Å². The molecule has 4 rings (SSSR count). The molecule has 35 heavy (non-hydrogen) atoms. The third-order valence-corrected chi connectivity index (χ3v) is 6.26. The number of allylic oxidation sites excluding steroid dienone is 3. The average Bonchev–Trinajstić information content (AvgIpc) is 3.74. The van der Waals surface area contributed by atoms with Gasteiger partial charge in [-0.25, -0.2) is 4.99 Å². The topological polar surface area (TPSA) is 102 Å². The molecule has 2 aromatic carbocycles. The first-order chi connectivity index (χ1) is 17.1. The maximum absolute atomic E-state index is 14.0. The van der Waals surface area contributed by atoms with Crippen LogP contribution in [0, 0.1) is 11.8 Å². The first-order valence-electron chi connectivity index (χ1n) is 12.0. The second kappa shape index (κ2) is 14.0. The van der Waals surface area contributed by atoms with E-state index in [-0.39, 0.29) is 5.91 Å². The molecule has 0 aliphatic heterocycles. The lowest BCUT2D eigenvalue weighted by Crippen LogP contribution is -2.46. The van der Waals surface area contributed by atoms with Crippen LogP contribution in [0.4, 0.5) is 0 Å². The highest BCUT2D eigenvalue weighted by Gasteiger charge is 2.43. The molecule has 2 aliphatic rings. The molecule has 1 atom stereocenters. The van der Waals surface area contributed by atoms with Gasteiger partial charge in [0.2, 0.25) is 0 Å². The summed E-state index contributed by atoms with van der Waals surface area (Å²) in [6.45, 7) is 2.65. The SMILES string of the molecule is C=O.CN.CN(CC1C=C(CC2CC2)C=CC1)C(=O)C(N=CN)(c1ccccc1)c1ccccc1. The Bertz CT molecular complexity index is 958. The minimum atomic E-state index is -1.20. The lowest BCUT2D eigenvalue weighted by molar-refractivity contribution is -0.134. The fourth-order valence-corrected chi connectivity index (χ4v) is 4.54. The third-order valence-electron chi connectivity index (χ3n) is 6.26. The number of carbonyl (C=O) groups excluding carboxylic acids is 2. The Hall–Kier alpha value is -3.51. The Morgan fingerprint density at radius 2 is 1.60 bits per heavy atom. The van der Waals surface area contributed by atoms with Crippen molar-refractivity contribution in [3.8, 4) is 0 Å². The molecular weight excluding hydrogens is 436 g/mol. The summed E-state index contributed by atoms with van der Waals surface area (Å²) in [6, 6.07) is 19.4. The van der Waals surface area contributed by atoms with Gasteiger partial charge in [0.25, 0.3) is 5.91 Å². The molecule has 0 radical (unpaired) electrons. The van der Waals surface area contributed by atoms with Crippen LogP contribution in [0.15, 0.2) is 89.5 Å². The van der Waals surface area contributed by atoms with E-state index in [0.717, 1.165) is 23.5 Å². The van der Waals surface area contributed by atoms with Gasteiger partial charge in [0.05, 0.1) is 6.34 Å². The predicted molar refractivity (Wildman–Crippen MR) is 144 cm³/mol. The largest absolute Gasteiger partial charge is 0.390 e. The zero-order chi connectivity index (χ0) is 25.7. The van der Waals surface area contributed by atoms with Gasteiger partial charge >= 0.3 is 0 Å². The van der Waals surface area contributed by atoms with Gasteiger partial charge in [0.1, 0.15) is 6.79 Å². The van der Waals surface area contributed by atoms with Crippen LogP contribution in [0.1, 0.15) is 36.8 Å². The summed E-state index contributed by atoms with van der Waals surface area (Å²) in [6.07, 6.45) is 12.9. The van der Waals surface area contributed by atoms with E-state index in [2.05, 4.69) is 29.0 Å². The number of hydrogen-bond donors (Lipinski definition) is 2. The van der Waals surface area contributed by atoms with Crippen molar-refractivity contribution in [3.63, 3.8) is 0 Å². The molecule has 186 valence electrons. The Labute approximate surface area is 209 Å². The van der Waals surface area contributed by atoms with E-state index < -0.39 is 5.54 Å². The highest BCUT2D eigenvalue weighted by Crippen LogP contribution is 2.38. The number of nitrogens with zero attached hydrogens (tertiary/aromatic N) is 2. The van der Waals surface area contributed by atoms with E-state index in [1.165, 1.54) is 38.2 Å². The molecule has 0 aromatic heterocycles. The standard InChI is InChI=1S/C27H31N3O.CH5N.CH2O/c1-30(19-23-10-8-9-22(18-23)17-21-15-16-21)26(31)27(29-20-28,24-11-4-2-5-12-24)25-13-6-3-7-14-25;2*1-2/h2-9,11-14,18,20-21,23H,10,15-17,19H2,1H3,(H2,28,29);2H2,1H3;1H2. The summed E-state index contributed by atoms with van der Waals surface area (Å²) in [5, 5.41) is 0. The first-order valence-corrected chi connectivity index (χ1v) is 12.0. The third kappa shape index (κ3) is 6.99. The Morgan fingerprint density at radius 3 is 2.09 bits per heavy atom. The van der Waals surface area contributed by atoms with Crippen LogP contribution in [0.5, 0.6) is 0 Å². The normalized spacial score (nSPS) is 16.9. The van der Waals surface area contributed by atoms with Gasteiger partial charge in [-0.05, 0) is 55.7 Å². The lowest BCUT2D eigenvalue weighted by atomic mass is 9.81. The van der Waals surface area contributed by atoms with Gasteiger partial charge in [0.15, 0.2) is 5.54 Å². The fraction of sp³-hybridized carbons (Fsp3) is 0.345. The van der Waals surface area contributed by atoms with Gasteiger partial charge in [-0.3, -0.25) is 4.79 Å². The number of carbonyl (C=O) groups is 2. The molecule has 0 bridgehead atoms. The molecule has 2 aromatic rings. The second-order valence-electron chi connectivity index (χ2n) is 8.69. The molecule has 1 unspecified atom stereocenters. The fourth-order valence-electron chi connectivity index (χ4n) is 4.54. The second-order valence-corrected chi connectivity index (χ2v) is 8.69. The minimum absolute atomic E-state index is 0.0710. The maximum Gasteiger partial charge on any atom is 0.259 e. The molecular formula is C29H38N4O2. The molecule has 4 N–H and O–H groups in total. The van der Waals surface area contributed by atoms with Crippen molar-refractivity contribution < 1.29 is 9.59 Å². The molecule has 6 nitrogen and oxygen atoms in total. The van der Waals surface area contributed by atoms with Crippen LogP contribution in [0.2, 0.25) is 0 Å². The summed E-state index contributed by atoms with van der Waals surface area (Å²) in [4.78, 5) is 28.4. The van der Waals surface area contributed by atoms with E-state index in [9.17, 15) is 4.79 Å². The molecule has 6 heteroatoms. The number of benzene rings is 2. The number of aliphatic imine (C=N–C) groups is 1. The van der Waals surface area contributed by atoms with E-state index in [0.29, 0.717) is 12.5 Å². The summed E-state index contributed by atoms with van der Waals surface area (Å²) >= 11 is 0. The van der Waals surface area contributed by atoms with Crippen molar-refractivity contribution in [1.29, 1.82) is 0 Å². The molecule has 0 heterocycles. The van der Waals surface area contributed by atoms with Gasteiger partial charge < -0.3 is 21.2 Å². The van der Waals surface area contributed by atoms with Crippen LogP contribution in [0.25, 0.3) is 0 Å². The zero-order valence-corrected chi connectivity index (χ0v) is 20.8. The average molecular weight is 475 g/mol. The summed E-state index contributed by atoms with van der Waals surface area (Å²) in [5.74, 6) is 1.11. The zero-order valence-electron chi connectivity index (χ0n) is 20.8. The lowest BCUT2D eigenvalue weighted by Gasteiger charge is -2.35. The summed E-state index contributed by atoms with van der Waals surface area (Å²) in [5.41, 5.74) is 12.1. The van der Waals surface area contributed by atoms with Crippen LogP contribution in [-0.4, -0.2) is 44.6 Å². The highest BCUT2D eigenvalue weighted by molar-refractivity contribution is 5.93. The van der Waals surface area contributed by atoms with Crippen LogP contribution < -0.4 is 11.5 Å². The van der Waals surface area contributed by atoms with Crippen molar-refractivity contribution >= 4 is 19.0 Å². The van der Waals surface area contributed by atoms with E-state index in [1.54, 1.807) is 0 Å². The molecule has 2 aliphatic carbocycles. The van der Waals surface area contributed by atoms with Crippen molar-refractivity contribution in [2.75, 3.05) is 20.6 Å². The van der Waals surface area contributed by atoms with E-state index in [1.807, 2.05) is 79.4 Å². The number of hydrogen-bond acceptors (Lipinski definition) is 4. The van der Waals surface area contributed by atoms with Crippen LogP contribution in [-0.2, 0) is 15.1 Å². The number of rotatable bonds is 8. The Morgan fingerprint density at radius 1 is 1.06 bits per heavy atom. The molecule has 0 saturated heterocycles. The quantitative estimate of drug-likeness (QED) is 0.445.